The predicted octanol–water partition coefficient (Wildman–Crippen LogP) is 5.21. The third-order valence-corrected chi connectivity index (χ3v) is 6.47. The Morgan fingerprint density at radius 2 is 2.00 bits per heavy atom. The summed E-state index contributed by atoms with van der Waals surface area (Å²) >= 11 is 8.03. The number of amides is 1. The number of carbonyl (C=O) groups excluding carboxylic acids is 1. The largest absolute Gasteiger partial charge is 0.503 e. The van der Waals surface area contributed by atoms with E-state index >= 15 is 0 Å². The molecular weight excluding hydrogens is 484 g/mol. The second kappa shape index (κ2) is 8.28. The summed E-state index contributed by atoms with van der Waals surface area (Å²) in [6.07, 6.45) is 1.73. The summed E-state index contributed by atoms with van der Waals surface area (Å²) in [7, 11) is 0. The summed E-state index contributed by atoms with van der Waals surface area (Å²) in [6.45, 7) is 2.25. The molecule has 0 aromatic heterocycles. The minimum Gasteiger partial charge on any atom is -0.503 e. The second-order valence-corrected chi connectivity index (χ2v) is 7.81. The van der Waals surface area contributed by atoms with Gasteiger partial charge in [0.05, 0.1) is 21.7 Å². The number of aromatic hydroxyl groups is 1. The molecule has 1 aliphatic rings. The maximum Gasteiger partial charge on any atom is 0.264 e. The molecule has 0 radical (unpaired) electrons. The summed E-state index contributed by atoms with van der Waals surface area (Å²) in [5.41, 5.74) is 1.47. The number of thioether (sulfide) groups is 1. The molecule has 1 heterocycles. The quantitative estimate of drug-likeness (QED) is 0.569. The molecule has 134 valence electrons. The lowest BCUT2D eigenvalue weighted by atomic mass is 10.2. The summed E-state index contributed by atoms with van der Waals surface area (Å²) in [4.78, 5) is 17.2. The number of nitrogens with zero attached hydrogens (tertiary/aromatic N) is 1. The van der Waals surface area contributed by atoms with Crippen LogP contribution in [0.25, 0.3) is 6.08 Å². The summed E-state index contributed by atoms with van der Waals surface area (Å²) in [6, 6.07) is 11.1. The van der Waals surface area contributed by atoms with Crippen LogP contribution in [0.1, 0.15) is 12.5 Å². The van der Waals surface area contributed by atoms with E-state index in [0.717, 1.165) is 5.69 Å². The monoisotopic (exact) mass is 496 g/mol. The number of hydrogen-bond acceptors (Lipinski definition) is 5. The van der Waals surface area contributed by atoms with E-state index in [1.165, 1.54) is 11.8 Å². The molecule has 0 atom stereocenters. The average molecular weight is 498 g/mol. The minimum absolute atomic E-state index is 0.00994. The Morgan fingerprint density at radius 3 is 2.69 bits per heavy atom. The van der Waals surface area contributed by atoms with Crippen molar-refractivity contribution in [2.24, 2.45) is 4.99 Å². The van der Waals surface area contributed by atoms with Gasteiger partial charge in [0.1, 0.15) is 0 Å². The van der Waals surface area contributed by atoms with E-state index in [4.69, 9.17) is 4.74 Å². The number of nitrogens with one attached hydrogen (secondary N) is 1. The van der Waals surface area contributed by atoms with Gasteiger partial charge in [-0.1, -0.05) is 18.2 Å². The number of phenolic OH excluding ortho intramolecular Hbond substituents is 1. The molecule has 2 aromatic rings. The summed E-state index contributed by atoms with van der Waals surface area (Å²) < 4.78 is 6.54. The Kier molecular flexibility index (Phi) is 6.05. The van der Waals surface area contributed by atoms with Crippen LogP contribution in [0, 0.1) is 0 Å². The van der Waals surface area contributed by atoms with Gasteiger partial charge in [-0.3, -0.25) is 4.79 Å². The molecule has 0 aliphatic carbocycles. The average Bonchev–Trinajstić information content (AvgIpc) is 2.97. The molecule has 2 N–H and O–H groups in total. The lowest BCUT2D eigenvalue weighted by molar-refractivity contribution is -0.115. The maximum atomic E-state index is 12.3. The molecule has 0 bridgehead atoms. The van der Waals surface area contributed by atoms with Gasteiger partial charge in [0.25, 0.3) is 5.91 Å². The van der Waals surface area contributed by atoms with E-state index in [1.807, 2.05) is 37.3 Å². The Balaban J connectivity index is 1.93. The van der Waals surface area contributed by atoms with Gasteiger partial charge < -0.3 is 15.2 Å². The highest BCUT2D eigenvalue weighted by Gasteiger charge is 2.25. The normalized spacial score (nSPS) is 17.0. The first-order valence-electron chi connectivity index (χ1n) is 7.68. The number of para-hydroxylation sites is 1. The molecule has 2 aromatic carbocycles. The van der Waals surface area contributed by atoms with Crippen molar-refractivity contribution < 1.29 is 14.6 Å². The van der Waals surface area contributed by atoms with Crippen LogP contribution in [-0.2, 0) is 4.79 Å². The van der Waals surface area contributed by atoms with Crippen molar-refractivity contribution in [3.63, 3.8) is 0 Å². The first kappa shape index (κ1) is 19.0. The molecule has 1 amide bonds. The van der Waals surface area contributed by atoms with E-state index in [1.54, 1.807) is 12.1 Å². The van der Waals surface area contributed by atoms with Crippen molar-refractivity contribution in [2.45, 2.75) is 6.92 Å². The summed E-state index contributed by atoms with van der Waals surface area (Å²) in [5, 5.41) is 13.4. The van der Waals surface area contributed by atoms with Crippen molar-refractivity contribution in [2.75, 3.05) is 6.61 Å². The number of carbonyl (C=O) groups is 1. The molecule has 5 nitrogen and oxygen atoms in total. The van der Waals surface area contributed by atoms with Crippen LogP contribution in [0.2, 0.25) is 0 Å². The van der Waals surface area contributed by atoms with Crippen LogP contribution in [0.4, 0.5) is 5.69 Å². The zero-order chi connectivity index (χ0) is 18.7. The topological polar surface area (TPSA) is 70.9 Å². The third-order valence-electron chi connectivity index (χ3n) is 3.40. The number of rotatable bonds is 4. The highest BCUT2D eigenvalue weighted by Crippen LogP contribution is 2.43. The number of ether oxygens (including phenoxy) is 1. The van der Waals surface area contributed by atoms with Crippen molar-refractivity contribution >= 4 is 66.5 Å². The predicted molar refractivity (Wildman–Crippen MR) is 112 cm³/mol. The fraction of sp³-hybridized carbons (Fsp3) is 0.111. The third kappa shape index (κ3) is 4.13. The number of halogens is 2. The number of benzene rings is 2. The maximum absolute atomic E-state index is 12.3. The van der Waals surface area contributed by atoms with E-state index < -0.39 is 0 Å². The molecule has 1 aliphatic heterocycles. The van der Waals surface area contributed by atoms with Crippen LogP contribution >= 0.6 is 43.6 Å². The number of aliphatic imine (C=N–C) groups is 1. The summed E-state index contributed by atoms with van der Waals surface area (Å²) in [5.74, 6) is 0.130. The van der Waals surface area contributed by atoms with Crippen LogP contribution in [0.15, 0.2) is 55.2 Å². The lowest BCUT2D eigenvalue weighted by Crippen LogP contribution is -2.19. The van der Waals surface area contributed by atoms with Crippen molar-refractivity contribution in [1.29, 1.82) is 0 Å². The highest BCUT2D eigenvalue weighted by molar-refractivity contribution is 9.13. The van der Waals surface area contributed by atoms with Gasteiger partial charge in [0.2, 0.25) is 0 Å². The molecule has 0 spiro atoms. The zero-order valence-corrected chi connectivity index (χ0v) is 17.6. The van der Waals surface area contributed by atoms with Crippen LogP contribution in [0.3, 0.4) is 0 Å². The van der Waals surface area contributed by atoms with Gasteiger partial charge in [-0.05, 0) is 80.4 Å². The standard InChI is InChI=1S/C18H14Br2N2O3S/c1-2-25-12-8-10(14(19)15(20)16(12)23)9-13-17(24)22-18(26-13)21-11-6-4-3-5-7-11/h3-9,23H,2H2,1H3,(H,21,22,24)/b13-9-. The van der Waals surface area contributed by atoms with Crippen LogP contribution in [-0.4, -0.2) is 22.8 Å². The van der Waals surface area contributed by atoms with Gasteiger partial charge in [-0.2, -0.15) is 0 Å². The molecule has 1 saturated heterocycles. The molecule has 0 unspecified atom stereocenters. The van der Waals surface area contributed by atoms with E-state index in [-0.39, 0.29) is 11.7 Å². The van der Waals surface area contributed by atoms with Crippen LogP contribution < -0.4 is 10.1 Å². The first-order valence-corrected chi connectivity index (χ1v) is 10.1. The Labute approximate surface area is 171 Å². The van der Waals surface area contributed by atoms with Crippen molar-refractivity contribution in [3.05, 3.63) is 55.8 Å². The molecule has 0 saturated carbocycles. The van der Waals surface area contributed by atoms with Crippen LogP contribution in [0.5, 0.6) is 11.5 Å². The second-order valence-electron chi connectivity index (χ2n) is 5.19. The molecule has 26 heavy (non-hydrogen) atoms. The van der Waals surface area contributed by atoms with E-state index in [2.05, 4.69) is 42.2 Å². The number of hydrogen-bond donors (Lipinski definition) is 2. The van der Waals surface area contributed by atoms with E-state index in [9.17, 15) is 9.90 Å². The van der Waals surface area contributed by atoms with Gasteiger partial charge in [0, 0.05) is 4.47 Å². The Bertz CT molecular complexity index is 914. The molecule has 8 heteroatoms. The van der Waals surface area contributed by atoms with Gasteiger partial charge in [-0.15, -0.1) is 0 Å². The Hall–Kier alpha value is -1.77. The molecule has 1 fully saturated rings. The fourth-order valence-corrected chi connectivity index (χ4v) is 3.90. The highest BCUT2D eigenvalue weighted by atomic mass is 79.9. The number of amidine groups is 1. The molecule has 3 rings (SSSR count). The molecular formula is C18H14Br2N2O3S. The zero-order valence-electron chi connectivity index (χ0n) is 13.6. The fourth-order valence-electron chi connectivity index (χ4n) is 2.22. The van der Waals surface area contributed by atoms with E-state index in [0.29, 0.717) is 36.9 Å². The SMILES string of the molecule is CCOc1cc(/C=C2\SC(=Nc3ccccc3)NC2=O)c(Br)c(Br)c1O. The van der Waals surface area contributed by atoms with Gasteiger partial charge in [0.15, 0.2) is 16.7 Å². The first-order chi connectivity index (χ1) is 12.5. The van der Waals surface area contributed by atoms with Crippen molar-refractivity contribution in [3.8, 4) is 11.5 Å². The smallest absolute Gasteiger partial charge is 0.264 e. The van der Waals surface area contributed by atoms with Gasteiger partial charge >= 0.3 is 0 Å². The Morgan fingerprint density at radius 1 is 1.27 bits per heavy atom. The lowest BCUT2D eigenvalue weighted by Gasteiger charge is -2.11. The number of phenols is 1. The minimum atomic E-state index is -0.223. The van der Waals surface area contributed by atoms with Crippen molar-refractivity contribution in [1.82, 2.24) is 5.32 Å². The van der Waals surface area contributed by atoms with Gasteiger partial charge in [-0.25, -0.2) is 4.99 Å².